The van der Waals surface area contributed by atoms with Gasteiger partial charge in [-0.25, -0.2) is 4.79 Å². The largest absolute Gasteiger partial charge is 0.467 e. The first-order chi connectivity index (χ1) is 13.4. The summed E-state index contributed by atoms with van der Waals surface area (Å²) >= 11 is 12.6. The van der Waals surface area contributed by atoms with Crippen LogP contribution >= 0.6 is 23.2 Å². The number of halogens is 2. The lowest BCUT2D eigenvalue weighted by molar-refractivity contribution is -0.143. The lowest BCUT2D eigenvalue weighted by Gasteiger charge is -2.29. The number of morpholine rings is 1. The number of rotatable bonds is 8. The molecule has 1 saturated heterocycles. The van der Waals surface area contributed by atoms with Crippen LogP contribution in [-0.4, -0.2) is 63.7 Å². The van der Waals surface area contributed by atoms with Gasteiger partial charge >= 0.3 is 5.97 Å². The molecule has 1 aromatic carbocycles. The van der Waals surface area contributed by atoms with Crippen LogP contribution < -0.4 is 16.0 Å². The van der Waals surface area contributed by atoms with E-state index < -0.39 is 17.9 Å². The molecule has 0 aromatic heterocycles. The molecule has 1 atom stereocenters. The van der Waals surface area contributed by atoms with Gasteiger partial charge in [-0.05, 0) is 18.6 Å². The van der Waals surface area contributed by atoms with Gasteiger partial charge < -0.3 is 25.4 Å². The predicted molar refractivity (Wildman–Crippen MR) is 106 cm³/mol. The molecule has 2 rings (SSSR count). The maximum absolute atomic E-state index is 12.7. The van der Waals surface area contributed by atoms with E-state index in [0.717, 1.165) is 5.69 Å². The smallest absolute Gasteiger partial charge is 0.328 e. The van der Waals surface area contributed by atoms with E-state index in [0.29, 0.717) is 26.3 Å². The Labute approximate surface area is 173 Å². The van der Waals surface area contributed by atoms with Crippen molar-refractivity contribution in [3.8, 4) is 0 Å². The van der Waals surface area contributed by atoms with Gasteiger partial charge in [-0.2, -0.15) is 0 Å². The highest BCUT2D eigenvalue weighted by Crippen LogP contribution is 2.31. The summed E-state index contributed by atoms with van der Waals surface area (Å²) in [5, 5.41) is 2.86. The normalized spacial score (nSPS) is 15.1. The number of carbonyl (C=O) groups is 3. The number of methoxy groups -OCH3 is 1. The molecular formula is C18H23Cl2N3O5. The Kier molecular flexibility index (Phi) is 8.50. The molecule has 8 nitrogen and oxygen atoms in total. The van der Waals surface area contributed by atoms with Crippen LogP contribution in [0.3, 0.4) is 0 Å². The zero-order valence-corrected chi connectivity index (χ0v) is 17.0. The van der Waals surface area contributed by atoms with Crippen molar-refractivity contribution in [2.45, 2.75) is 18.9 Å². The number of ketones is 1. The summed E-state index contributed by atoms with van der Waals surface area (Å²) in [5.41, 5.74) is 6.11. The van der Waals surface area contributed by atoms with Crippen molar-refractivity contribution in [3.63, 3.8) is 0 Å². The topological polar surface area (TPSA) is 111 Å². The van der Waals surface area contributed by atoms with Gasteiger partial charge in [0.1, 0.15) is 11.8 Å². The van der Waals surface area contributed by atoms with E-state index in [9.17, 15) is 14.4 Å². The van der Waals surface area contributed by atoms with Crippen LogP contribution in [-0.2, 0) is 19.1 Å². The van der Waals surface area contributed by atoms with E-state index in [1.807, 2.05) is 0 Å². The Hall–Kier alpha value is -1.87. The highest BCUT2D eigenvalue weighted by molar-refractivity contribution is 6.40. The van der Waals surface area contributed by atoms with Crippen LogP contribution in [0.25, 0.3) is 0 Å². The molecule has 1 fully saturated rings. The molecule has 1 aliphatic rings. The lowest BCUT2D eigenvalue weighted by Crippen LogP contribution is -2.42. The minimum Gasteiger partial charge on any atom is -0.467 e. The predicted octanol–water partition coefficient (Wildman–Crippen LogP) is 1.41. The summed E-state index contributed by atoms with van der Waals surface area (Å²) in [4.78, 5) is 38.1. The molecule has 0 spiro atoms. The van der Waals surface area contributed by atoms with Crippen molar-refractivity contribution in [2.24, 2.45) is 5.73 Å². The van der Waals surface area contributed by atoms with Crippen LogP contribution in [0.1, 0.15) is 23.2 Å². The molecule has 154 valence electrons. The van der Waals surface area contributed by atoms with Gasteiger partial charge in [0.05, 0.1) is 42.5 Å². The fraction of sp³-hybridized carbons (Fsp3) is 0.500. The summed E-state index contributed by atoms with van der Waals surface area (Å²) in [5.74, 6) is -1.52. The van der Waals surface area contributed by atoms with E-state index in [1.165, 1.54) is 7.11 Å². The monoisotopic (exact) mass is 431 g/mol. The number of esters is 1. The summed E-state index contributed by atoms with van der Waals surface area (Å²) in [6.07, 6.45) is 0.101. The minimum atomic E-state index is -1.01. The molecule has 0 unspecified atom stereocenters. The molecule has 0 aliphatic carbocycles. The van der Waals surface area contributed by atoms with Crippen molar-refractivity contribution in [2.75, 3.05) is 44.9 Å². The molecule has 0 radical (unpaired) electrons. The SMILES string of the molecule is COC(=O)[C@H](CCC(=O)CN)NC(=O)c1c(Cl)cc(N2CCOCC2)cc1Cl. The molecule has 3 N–H and O–H groups in total. The molecule has 1 heterocycles. The number of nitrogens with two attached hydrogens (primary N) is 1. The van der Waals surface area contributed by atoms with Gasteiger partial charge in [0, 0.05) is 25.2 Å². The molecular weight excluding hydrogens is 409 g/mol. The minimum absolute atomic E-state index is 0.0357. The van der Waals surface area contributed by atoms with Crippen molar-refractivity contribution < 1.29 is 23.9 Å². The van der Waals surface area contributed by atoms with Gasteiger partial charge in [0.25, 0.3) is 5.91 Å². The molecule has 1 aromatic rings. The first-order valence-corrected chi connectivity index (χ1v) is 9.55. The van der Waals surface area contributed by atoms with Gasteiger partial charge in [-0.15, -0.1) is 0 Å². The first-order valence-electron chi connectivity index (χ1n) is 8.79. The quantitative estimate of drug-likeness (QED) is 0.598. The summed E-state index contributed by atoms with van der Waals surface area (Å²) in [6, 6.07) is 2.29. The number of benzene rings is 1. The van der Waals surface area contributed by atoms with E-state index in [2.05, 4.69) is 10.2 Å². The van der Waals surface area contributed by atoms with Crippen molar-refractivity contribution in [1.82, 2.24) is 5.32 Å². The van der Waals surface area contributed by atoms with Crippen LogP contribution in [0.5, 0.6) is 0 Å². The third-order valence-electron chi connectivity index (χ3n) is 4.36. The third kappa shape index (κ3) is 5.81. The van der Waals surface area contributed by atoms with Crippen molar-refractivity contribution in [1.29, 1.82) is 0 Å². The number of anilines is 1. The molecule has 10 heteroatoms. The second kappa shape index (κ2) is 10.6. The van der Waals surface area contributed by atoms with Crippen LogP contribution in [0, 0.1) is 0 Å². The number of nitrogens with one attached hydrogen (secondary N) is 1. The number of nitrogens with zero attached hydrogens (tertiary/aromatic N) is 1. The number of amides is 1. The number of hydrogen-bond acceptors (Lipinski definition) is 7. The van der Waals surface area contributed by atoms with Gasteiger partial charge in [0.2, 0.25) is 0 Å². The Morgan fingerprint density at radius 1 is 1.25 bits per heavy atom. The summed E-state index contributed by atoms with van der Waals surface area (Å²) in [7, 11) is 1.20. The standard InChI is InChI=1S/C18H23Cl2N3O5/c1-27-18(26)15(3-2-12(24)10-21)22-17(25)16-13(19)8-11(9-14(16)20)23-4-6-28-7-5-23/h8-9,15H,2-7,10,21H2,1H3,(H,22,25)/t15-/m0/s1. The fourth-order valence-corrected chi connectivity index (χ4v) is 3.46. The van der Waals surface area contributed by atoms with Gasteiger partial charge in [0.15, 0.2) is 0 Å². The number of ether oxygens (including phenoxy) is 2. The molecule has 0 saturated carbocycles. The molecule has 0 bridgehead atoms. The maximum atomic E-state index is 12.7. The van der Waals surface area contributed by atoms with Gasteiger partial charge in [-0.1, -0.05) is 23.2 Å². The van der Waals surface area contributed by atoms with Crippen LogP contribution in [0.4, 0.5) is 5.69 Å². The number of Topliss-reactive ketones (excluding diaryl/α,β-unsaturated/α-hetero) is 1. The zero-order valence-electron chi connectivity index (χ0n) is 15.5. The lowest BCUT2D eigenvalue weighted by atomic mass is 10.1. The molecule has 28 heavy (non-hydrogen) atoms. The Morgan fingerprint density at radius 2 is 1.86 bits per heavy atom. The Morgan fingerprint density at radius 3 is 2.39 bits per heavy atom. The zero-order chi connectivity index (χ0) is 20.7. The Balaban J connectivity index is 2.16. The van der Waals surface area contributed by atoms with E-state index >= 15 is 0 Å². The van der Waals surface area contributed by atoms with Crippen molar-refractivity contribution >= 4 is 46.5 Å². The maximum Gasteiger partial charge on any atom is 0.328 e. The van der Waals surface area contributed by atoms with E-state index in [4.69, 9.17) is 38.4 Å². The van der Waals surface area contributed by atoms with Crippen LogP contribution in [0.2, 0.25) is 10.0 Å². The summed E-state index contributed by atoms with van der Waals surface area (Å²) in [6.45, 7) is 2.44. The molecule has 1 aliphatic heterocycles. The first kappa shape index (κ1) is 22.4. The Bertz CT molecular complexity index is 715. The van der Waals surface area contributed by atoms with E-state index in [-0.39, 0.29) is 40.8 Å². The average Bonchev–Trinajstić information content (AvgIpc) is 2.70. The fourth-order valence-electron chi connectivity index (χ4n) is 2.81. The molecule has 1 amide bonds. The summed E-state index contributed by atoms with van der Waals surface area (Å²) < 4.78 is 10.0. The highest BCUT2D eigenvalue weighted by atomic mass is 35.5. The second-order valence-corrected chi connectivity index (χ2v) is 7.03. The van der Waals surface area contributed by atoms with E-state index in [1.54, 1.807) is 12.1 Å². The van der Waals surface area contributed by atoms with Crippen LogP contribution in [0.15, 0.2) is 12.1 Å². The average molecular weight is 432 g/mol. The number of carbonyl (C=O) groups excluding carboxylic acids is 3. The van der Waals surface area contributed by atoms with Gasteiger partial charge in [-0.3, -0.25) is 9.59 Å². The second-order valence-electron chi connectivity index (χ2n) is 6.21. The number of hydrogen-bond donors (Lipinski definition) is 2. The third-order valence-corrected chi connectivity index (χ3v) is 4.96. The van der Waals surface area contributed by atoms with Crippen molar-refractivity contribution in [3.05, 3.63) is 27.7 Å². The highest BCUT2D eigenvalue weighted by Gasteiger charge is 2.26.